The van der Waals surface area contributed by atoms with Crippen LogP contribution in [0.2, 0.25) is 0 Å². The molecule has 4 heterocycles. The Kier molecular flexibility index (Phi) is 8.12. The number of nitrogens with zero attached hydrogens (tertiary/aromatic N) is 7. The van der Waals surface area contributed by atoms with Gasteiger partial charge in [0.1, 0.15) is 12.9 Å². The van der Waals surface area contributed by atoms with Crippen LogP contribution in [0.4, 0.5) is 15.4 Å². The molecule has 15 nitrogen and oxygen atoms in total. The highest BCUT2D eigenvalue weighted by molar-refractivity contribution is 7.91. The molecule has 3 aromatic heterocycles. The van der Waals surface area contributed by atoms with Gasteiger partial charge in [-0.05, 0) is 23.3 Å². The number of nitrogens with one attached hydrogen (secondary N) is 2. The number of hydrazine groups is 1. The minimum Gasteiger partial charge on any atom is -0.436 e. The Morgan fingerprint density at radius 1 is 0.917 bits per heavy atom. The molecule has 0 bridgehead atoms. The molecule has 1 saturated heterocycles. The van der Waals surface area contributed by atoms with E-state index in [9.17, 15) is 22.8 Å². The fourth-order valence-corrected chi connectivity index (χ4v) is 7.77. The Labute approximate surface area is 276 Å². The molecule has 242 valence electrons. The summed E-state index contributed by atoms with van der Waals surface area (Å²) < 4.78 is 34.8. The topological polar surface area (TPSA) is 182 Å². The molecule has 3 aromatic carbocycles. The zero-order valence-corrected chi connectivity index (χ0v) is 26.5. The summed E-state index contributed by atoms with van der Waals surface area (Å²) in [6.45, 7) is -0.683. The van der Waals surface area contributed by atoms with Crippen molar-refractivity contribution in [2.75, 3.05) is 18.4 Å². The second kappa shape index (κ2) is 12.7. The lowest BCUT2D eigenvalue weighted by Gasteiger charge is -2.33. The molecule has 7 rings (SSSR count). The Morgan fingerprint density at radius 3 is 2.29 bits per heavy atom. The number of anilines is 1. The fourth-order valence-electron chi connectivity index (χ4n) is 5.13. The van der Waals surface area contributed by atoms with E-state index in [0.29, 0.717) is 14.5 Å². The van der Waals surface area contributed by atoms with E-state index in [1.54, 1.807) is 24.3 Å². The smallest absolute Gasteiger partial charge is 0.413 e. The molecular formula is C31H25N9O6S2. The third-order valence-electron chi connectivity index (χ3n) is 7.43. The summed E-state index contributed by atoms with van der Waals surface area (Å²) in [6, 6.07) is 24.5. The summed E-state index contributed by atoms with van der Waals surface area (Å²) in [4.78, 5) is 56.0. The number of benzene rings is 3. The number of ether oxygens (including phenoxy) is 1. The zero-order chi connectivity index (χ0) is 33.3. The second-order valence-electron chi connectivity index (χ2n) is 10.5. The van der Waals surface area contributed by atoms with E-state index in [1.807, 2.05) is 60.7 Å². The van der Waals surface area contributed by atoms with Crippen molar-refractivity contribution in [3.63, 3.8) is 0 Å². The van der Waals surface area contributed by atoms with Crippen LogP contribution in [0.5, 0.6) is 0 Å². The molecule has 1 aliphatic rings. The lowest BCUT2D eigenvalue weighted by Crippen LogP contribution is -2.61. The van der Waals surface area contributed by atoms with E-state index in [4.69, 9.17) is 4.74 Å². The van der Waals surface area contributed by atoms with Crippen LogP contribution >= 0.6 is 11.3 Å². The van der Waals surface area contributed by atoms with Crippen molar-refractivity contribution in [1.29, 1.82) is 0 Å². The third-order valence-corrected chi connectivity index (χ3v) is 10.6. The lowest BCUT2D eigenvalue weighted by molar-refractivity contribution is -0.135. The summed E-state index contributed by atoms with van der Waals surface area (Å²) in [7, 11) is -4.24. The van der Waals surface area contributed by atoms with Gasteiger partial charge in [-0.2, -0.15) is 8.42 Å². The van der Waals surface area contributed by atoms with E-state index < -0.39 is 34.2 Å². The number of thiazole rings is 1. The van der Waals surface area contributed by atoms with Gasteiger partial charge in [0.2, 0.25) is 4.34 Å². The monoisotopic (exact) mass is 683 g/mol. The Balaban J connectivity index is 1.02. The average Bonchev–Trinajstić information content (AvgIpc) is 3.73. The van der Waals surface area contributed by atoms with Crippen molar-refractivity contribution >= 4 is 66.6 Å². The second-order valence-corrected chi connectivity index (χ2v) is 13.6. The Bertz CT molecular complexity index is 2190. The van der Waals surface area contributed by atoms with Crippen molar-refractivity contribution in [1.82, 2.24) is 39.2 Å². The summed E-state index contributed by atoms with van der Waals surface area (Å²) in [5, 5.41) is 3.66. The van der Waals surface area contributed by atoms with Crippen molar-refractivity contribution in [3.8, 4) is 0 Å². The van der Waals surface area contributed by atoms with E-state index in [0.717, 1.165) is 27.5 Å². The molecule has 1 aliphatic heterocycles. The molecule has 0 unspecified atom stereocenters. The summed E-state index contributed by atoms with van der Waals surface area (Å²) >= 11 is 0.958. The van der Waals surface area contributed by atoms with Gasteiger partial charge in [-0.3, -0.25) is 10.1 Å². The number of carbonyl (C=O) groups is 3. The molecule has 0 atom stereocenters. The molecule has 0 radical (unpaired) electrons. The lowest BCUT2D eigenvalue weighted by atomic mass is 10.0. The Morgan fingerprint density at radius 2 is 1.60 bits per heavy atom. The molecule has 17 heteroatoms. The zero-order valence-electron chi connectivity index (χ0n) is 24.8. The highest BCUT2D eigenvalue weighted by Crippen LogP contribution is 2.29. The van der Waals surface area contributed by atoms with Crippen LogP contribution in [0.15, 0.2) is 102 Å². The Hall–Kier alpha value is -5.94. The molecule has 6 aromatic rings. The van der Waals surface area contributed by atoms with Gasteiger partial charge in [-0.25, -0.2) is 44.3 Å². The normalized spacial score (nSPS) is 13.6. The van der Waals surface area contributed by atoms with Gasteiger partial charge in [0.05, 0.1) is 29.6 Å². The number of urea groups is 1. The number of aromatic nitrogens is 5. The fraction of sp³-hybridized carbons (Fsp3) is 0.129. The number of hydrogen-bond acceptors (Lipinski definition) is 11. The van der Waals surface area contributed by atoms with Crippen LogP contribution in [0.25, 0.3) is 21.4 Å². The van der Waals surface area contributed by atoms with Crippen LogP contribution in [-0.4, -0.2) is 73.4 Å². The van der Waals surface area contributed by atoms with Gasteiger partial charge in [0.25, 0.3) is 15.9 Å². The number of para-hydroxylation sites is 1. The number of imidazole rings is 1. The van der Waals surface area contributed by atoms with Crippen LogP contribution < -0.4 is 10.7 Å². The number of sulfonamides is 1. The van der Waals surface area contributed by atoms with Crippen molar-refractivity contribution < 1.29 is 27.5 Å². The van der Waals surface area contributed by atoms with Gasteiger partial charge < -0.3 is 9.30 Å². The van der Waals surface area contributed by atoms with Gasteiger partial charge in [-0.1, -0.05) is 72.8 Å². The summed E-state index contributed by atoms with van der Waals surface area (Å²) in [6.07, 6.45) is 1.09. The third kappa shape index (κ3) is 5.98. The maximum Gasteiger partial charge on any atom is 0.413 e. The molecule has 0 saturated carbocycles. The number of rotatable bonds is 8. The minimum absolute atomic E-state index is 0.0676. The first kappa shape index (κ1) is 30.7. The van der Waals surface area contributed by atoms with Gasteiger partial charge in [0, 0.05) is 0 Å². The van der Waals surface area contributed by atoms with Crippen molar-refractivity contribution in [2.45, 2.75) is 17.0 Å². The molecule has 48 heavy (non-hydrogen) atoms. The van der Waals surface area contributed by atoms with Crippen LogP contribution in [-0.2, 0) is 26.1 Å². The first-order chi connectivity index (χ1) is 23.3. The largest absolute Gasteiger partial charge is 0.436 e. The number of amides is 4. The summed E-state index contributed by atoms with van der Waals surface area (Å²) in [5.74, 6) is -0.487. The molecular weight excluding hydrogens is 659 g/mol. The number of carbonyl (C=O) groups excluding carboxylic acids is 3. The van der Waals surface area contributed by atoms with Crippen LogP contribution in [0.1, 0.15) is 17.2 Å². The highest BCUT2D eigenvalue weighted by Gasteiger charge is 2.37. The standard InChI is InChI=1S/C31H25N9O6S2/c41-24(39-15-16-40(29(42)37-39)48(44,45)31-35-22-13-7-8-14-23(22)47-31)17-38-19-34-25-27(32-18-33-28(25)38)36-30(43)46-26(20-9-3-1-4-10-20)21-11-5-2-6-12-21/h1-14,18-19,26H,15-17H2,(H,37,42)(H,32,33,36,43). The van der Waals surface area contributed by atoms with E-state index >= 15 is 0 Å². The van der Waals surface area contributed by atoms with E-state index in [2.05, 4.69) is 30.7 Å². The van der Waals surface area contributed by atoms with E-state index in [1.165, 1.54) is 17.2 Å². The quantitative estimate of drug-likeness (QED) is 0.239. The van der Waals surface area contributed by atoms with Crippen molar-refractivity contribution in [3.05, 3.63) is 109 Å². The molecule has 1 fully saturated rings. The van der Waals surface area contributed by atoms with Crippen LogP contribution in [0.3, 0.4) is 0 Å². The average molecular weight is 684 g/mol. The number of hydrogen-bond donors (Lipinski definition) is 2. The molecule has 4 amide bonds. The molecule has 2 N–H and O–H groups in total. The maximum absolute atomic E-state index is 13.2. The highest BCUT2D eigenvalue weighted by atomic mass is 32.2. The molecule has 0 aliphatic carbocycles. The predicted octanol–water partition coefficient (Wildman–Crippen LogP) is 3.93. The first-order valence-corrected chi connectivity index (χ1v) is 16.8. The van der Waals surface area contributed by atoms with E-state index in [-0.39, 0.29) is 41.0 Å². The van der Waals surface area contributed by atoms with Crippen molar-refractivity contribution in [2.24, 2.45) is 0 Å². The molecule has 0 spiro atoms. The van der Waals surface area contributed by atoms with Gasteiger partial charge in [-0.15, -0.1) is 11.3 Å². The first-order valence-electron chi connectivity index (χ1n) is 14.5. The maximum atomic E-state index is 13.2. The van der Waals surface area contributed by atoms with Gasteiger partial charge >= 0.3 is 12.1 Å². The van der Waals surface area contributed by atoms with Crippen LogP contribution in [0, 0.1) is 0 Å². The SMILES string of the molecule is O=C(Nc1ncnc2c1ncn2CC(=O)N1CCN(S(=O)(=O)c2nc3ccccc3s2)C(=O)N1)OC(c1ccccc1)c1ccccc1. The summed E-state index contributed by atoms with van der Waals surface area (Å²) in [5.41, 5.74) is 4.84. The number of fused-ring (bicyclic) bond motifs is 2. The predicted molar refractivity (Wildman–Crippen MR) is 174 cm³/mol. The minimum atomic E-state index is -4.24. The van der Waals surface area contributed by atoms with Gasteiger partial charge in [0.15, 0.2) is 23.1 Å².